The van der Waals surface area contributed by atoms with Crippen LogP contribution in [0.4, 0.5) is 5.69 Å². The maximum absolute atomic E-state index is 13.3. The van der Waals surface area contributed by atoms with Crippen LogP contribution in [-0.4, -0.2) is 42.9 Å². The first-order valence-electron chi connectivity index (χ1n) is 11.9. The van der Waals surface area contributed by atoms with E-state index in [-0.39, 0.29) is 29.6 Å². The van der Waals surface area contributed by atoms with Crippen molar-refractivity contribution in [2.75, 3.05) is 25.6 Å². The summed E-state index contributed by atoms with van der Waals surface area (Å²) in [7, 11) is 1.30. The summed E-state index contributed by atoms with van der Waals surface area (Å²) in [6.45, 7) is 2.07. The third-order valence-electron chi connectivity index (χ3n) is 5.99. The first-order chi connectivity index (χ1) is 18.0. The summed E-state index contributed by atoms with van der Waals surface area (Å²) in [6, 6.07) is 26.0. The Balaban J connectivity index is 1.45. The number of nitrogens with zero attached hydrogens (tertiary/aromatic N) is 1. The van der Waals surface area contributed by atoms with Gasteiger partial charge in [0, 0.05) is 17.9 Å². The SMILES string of the molecule is COC(=O)C1=C(C)N(CCc2ccccc2)C(=O)/C1=C\c1ccc(OCC(=O)Nc2ccccc2)cc1. The average Bonchev–Trinajstić information content (AvgIpc) is 3.16. The van der Waals surface area contributed by atoms with Crippen molar-refractivity contribution in [2.24, 2.45) is 0 Å². The number of methoxy groups -OCH3 is 1. The van der Waals surface area contributed by atoms with Gasteiger partial charge in [-0.15, -0.1) is 0 Å². The number of nitrogens with one attached hydrogen (secondary N) is 1. The summed E-state index contributed by atoms with van der Waals surface area (Å²) in [6.07, 6.45) is 2.34. The third-order valence-corrected chi connectivity index (χ3v) is 5.99. The summed E-state index contributed by atoms with van der Waals surface area (Å²) in [4.78, 5) is 39.6. The molecule has 1 aliphatic rings. The van der Waals surface area contributed by atoms with Crippen LogP contribution < -0.4 is 10.1 Å². The Morgan fingerprint density at radius 3 is 2.22 bits per heavy atom. The average molecular weight is 497 g/mol. The van der Waals surface area contributed by atoms with Crippen LogP contribution >= 0.6 is 0 Å². The van der Waals surface area contributed by atoms with Gasteiger partial charge in [0.1, 0.15) is 5.75 Å². The number of benzene rings is 3. The number of hydrogen-bond donors (Lipinski definition) is 1. The van der Waals surface area contributed by atoms with E-state index in [1.54, 1.807) is 54.3 Å². The normalized spacial score (nSPS) is 14.2. The molecule has 0 spiro atoms. The van der Waals surface area contributed by atoms with Crippen LogP contribution in [0.25, 0.3) is 6.08 Å². The van der Waals surface area contributed by atoms with Crippen LogP contribution in [0.1, 0.15) is 18.1 Å². The standard InChI is InChI=1S/C30H28N2O5/c1-21-28(30(35)36-2)26(29(34)32(21)18-17-22-9-5-3-6-10-22)19-23-13-15-25(16-14-23)37-20-27(33)31-24-11-7-4-8-12-24/h3-16,19H,17-18,20H2,1-2H3,(H,31,33)/b26-19-. The zero-order valence-electron chi connectivity index (χ0n) is 20.8. The number of esters is 1. The van der Waals surface area contributed by atoms with Crippen molar-refractivity contribution >= 4 is 29.5 Å². The van der Waals surface area contributed by atoms with Crippen molar-refractivity contribution < 1.29 is 23.9 Å². The van der Waals surface area contributed by atoms with Crippen molar-refractivity contribution in [1.29, 1.82) is 0 Å². The predicted molar refractivity (Wildman–Crippen MR) is 142 cm³/mol. The number of rotatable bonds is 9. The van der Waals surface area contributed by atoms with E-state index < -0.39 is 5.97 Å². The summed E-state index contributed by atoms with van der Waals surface area (Å²) >= 11 is 0. The second-order valence-corrected chi connectivity index (χ2v) is 8.47. The molecule has 0 fully saturated rings. The number of hydrogen-bond acceptors (Lipinski definition) is 5. The minimum Gasteiger partial charge on any atom is -0.484 e. The van der Waals surface area contributed by atoms with E-state index in [1.807, 2.05) is 48.5 Å². The zero-order chi connectivity index (χ0) is 26.2. The highest BCUT2D eigenvalue weighted by Gasteiger charge is 2.36. The molecule has 3 aromatic carbocycles. The molecular weight excluding hydrogens is 468 g/mol. The van der Waals surface area contributed by atoms with Gasteiger partial charge in [-0.3, -0.25) is 9.59 Å². The largest absolute Gasteiger partial charge is 0.484 e. The van der Waals surface area contributed by atoms with Crippen molar-refractivity contribution in [3.8, 4) is 5.75 Å². The van der Waals surface area contributed by atoms with E-state index in [9.17, 15) is 14.4 Å². The fraction of sp³-hybridized carbons (Fsp3) is 0.167. The molecule has 37 heavy (non-hydrogen) atoms. The fourth-order valence-corrected chi connectivity index (χ4v) is 4.08. The van der Waals surface area contributed by atoms with Gasteiger partial charge in [-0.25, -0.2) is 4.79 Å². The van der Waals surface area contributed by atoms with Crippen LogP contribution in [0, 0.1) is 0 Å². The number of carbonyl (C=O) groups excluding carboxylic acids is 3. The number of ether oxygens (including phenoxy) is 2. The quantitative estimate of drug-likeness (QED) is 0.345. The van der Waals surface area contributed by atoms with Gasteiger partial charge in [-0.1, -0.05) is 60.7 Å². The Labute approximate surface area is 216 Å². The van der Waals surface area contributed by atoms with Gasteiger partial charge in [0.25, 0.3) is 11.8 Å². The number of carbonyl (C=O) groups is 3. The first-order valence-corrected chi connectivity index (χ1v) is 11.9. The molecule has 1 N–H and O–H groups in total. The molecule has 0 saturated carbocycles. The van der Waals surface area contributed by atoms with E-state index in [0.717, 1.165) is 5.56 Å². The Morgan fingerprint density at radius 1 is 0.919 bits per heavy atom. The minimum atomic E-state index is -0.552. The lowest BCUT2D eigenvalue weighted by atomic mass is 10.0. The molecule has 0 bridgehead atoms. The molecule has 0 unspecified atom stereocenters. The molecule has 0 atom stereocenters. The smallest absolute Gasteiger partial charge is 0.340 e. The van der Waals surface area contributed by atoms with Crippen LogP contribution in [0.3, 0.4) is 0 Å². The molecule has 0 radical (unpaired) electrons. The Bertz CT molecular complexity index is 1330. The zero-order valence-corrected chi connectivity index (χ0v) is 20.8. The van der Waals surface area contributed by atoms with Crippen molar-refractivity contribution in [3.63, 3.8) is 0 Å². The lowest BCUT2D eigenvalue weighted by molar-refractivity contribution is -0.136. The van der Waals surface area contributed by atoms with Gasteiger partial charge in [0.2, 0.25) is 0 Å². The molecule has 1 heterocycles. The van der Waals surface area contributed by atoms with E-state index in [4.69, 9.17) is 9.47 Å². The number of amides is 2. The van der Waals surface area contributed by atoms with E-state index in [0.29, 0.717) is 35.7 Å². The van der Waals surface area contributed by atoms with Crippen LogP contribution in [0.5, 0.6) is 5.75 Å². The topological polar surface area (TPSA) is 84.9 Å². The monoisotopic (exact) mass is 496 g/mol. The lowest BCUT2D eigenvalue weighted by Crippen LogP contribution is -2.27. The molecule has 0 saturated heterocycles. The molecule has 188 valence electrons. The van der Waals surface area contributed by atoms with Crippen molar-refractivity contribution in [3.05, 3.63) is 113 Å². The van der Waals surface area contributed by atoms with E-state index in [1.165, 1.54) is 7.11 Å². The van der Waals surface area contributed by atoms with Gasteiger partial charge in [0.05, 0.1) is 18.3 Å². The lowest BCUT2D eigenvalue weighted by Gasteiger charge is -2.17. The second-order valence-electron chi connectivity index (χ2n) is 8.47. The number of anilines is 1. The van der Waals surface area contributed by atoms with Crippen LogP contribution in [0.15, 0.2) is 102 Å². The third kappa shape index (κ3) is 6.32. The van der Waals surface area contributed by atoms with Gasteiger partial charge < -0.3 is 19.7 Å². The highest BCUT2D eigenvalue weighted by atomic mass is 16.5. The van der Waals surface area contributed by atoms with Gasteiger partial charge in [0.15, 0.2) is 6.61 Å². The molecule has 3 aromatic rings. The number of allylic oxidation sites excluding steroid dienone is 1. The Hall–Kier alpha value is -4.65. The highest BCUT2D eigenvalue weighted by molar-refractivity contribution is 6.16. The van der Waals surface area contributed by atoms with E-state index in [2.05, 4.69) is 5.32 Å². The van der Waals surface area contributed by atoms with Gasteiger partial charge >= 0.3 is 5.97 Å². The fourth-order valence-electron chi connectivity index (χ4n) is 4.08. The van der Waals surface area contributed by atoms with E-state index >= 15 is 0 Å². The van der Waals surface area contributed by atoms with Crippen molar-refractivity contribution in [1.82, 2.24) is 4.90 Å². The first kappa shape index (κ1) is 25.4. The molecule has 4 rings (SSSR count). The maximum Gasteiger partial charge on any atom is 0.340 e. The predicted octanol–water partition coefficient (Wildman–Crippen LogP) is 4.62. The van der Waals surface area contributed by atoms with Gasteiger partial charge in [-0.05, 0) is 54.8 Å². The summed E-state index contributed by atoms with van der Waals surface area (Å²) in [5.74, 6) is -0.559. The van der Waals surface area contributed by atoms with Crippen molar-refractivity contribution in [2.45, 2.75) is 13.3 Å². The highest BCUT2D eigenvalue weighted by Crippen LogP contribution is 2.32. The van der Waals surface area contributed by atoms with Crippen LogP contribution in [0.2, 0.25) is 0 Å². The molecule has 7 nitrogen and oxygen atoms in total. The summed E-state index contributed by atoms with van der Waals surface area (Å²) in [5, 5.41) is 2.76. The molecule has 0 aliphatic carbocycles. The van der Waals surface area contributed by atoms with Gasteiger partial charge in [-0.2, -0.15) is 0 Å². The molecule has 0 aromatic heterocycles. The Kier molecular flexibility index (Phi) is 8.15. The molecule has 7 heteroatoms. The molecule has 1 aliphatic heterocycles. The number of para-hydroxylation sites is 1. The molecular formula is C30H28N2O5. The summed E-state index contributed by atoms with van der Waals surface area (Å²) < 4.78 is 10.6. The molecule has 2 amide bonds. The Morgan fingerprint density at radius 2 is 1.57 bits per heavy atom. The maximum atomic E-state index is 13.3. The minimum absolute atomic E-state index is 0.140. The van der Waals surface area contributed by atoms with Crippen LogP contribution in [-0.2, 0) is 25.5 Å². The summed E-state index contributed by atoms with van der Waals surface area (Å²) in [5.41, 5.74) is 3.63. The second kappa shape index (κ2) is 11.9.